The van der Waals surface area contributed by atoms with Gasteiger partial charge in [-0.05, 0) is 36.2 Å². The first kappa shape index (κ1) is 16.7. The van der Waals surface area contributed by atoms with E-state index in [9.17, 15) is 4.79 Å². The van der Waals surface area contributed by atoms with Gasteiger partial charge in [-0.1, -0.05) is 6.07 Å². The maximum absolute atomic E-state index is 10.9. The number of hydrogen-bond acceptors (Lipinski definition) is 5. The van der Waals surface area contributed by atoms with Crippen molar-refractivity contribution in [2.45, 2.75) is 13.3 Å². The average Bonchev–Trinajstić information content (AvgIpc) is 2.62. The molecule has 1 amide bonds. The van der Waals surface area contributed by atoms with Gasteiger partial charge >= 0.3 is 0 Å². The fourth-order valence-electron chi connectivity index (χ4n) is 2.42. The number of pyridine rings is 2. The zero-order chi connectivity index (χ0) is 17.6. The van der Waals surface area contributed by atoms with Crippen molar-refractivity contribution in [2.75, 3.05) is 13.7 Å². The molecule has 6 nitrogen and oxygen atoms in total. The minimum Gasteiger partial charge on any atom is -0.481 e. The van der Waals surface area contributed by atoms with Crippen LogP contribution in [-0.4, -0.2) is 29.5 Å². The second kappa shape index (κ2) is 7.61. The number of hydrogen-bond donors (Lipinski definition) is 1. The van der Waals surface area contributed by atoms with Crippen molar-refractivity contribution in [2.24, 2.45) is 0 Å². The van der Waals surface area contributed by atoms with Gasteiger partial charge in [0.2, 0.25) is 17.7 Å². The number of ether oxygens (including phenoxy) is 2. The van der Waals surface area contributed by atoms with Crippen molar-refractivity contribution in [3.63, 3.8) is 0 Å². The molecule has 25 heavy (non-hydrogen) atoms. The maximum atomic E-state index is 10.9. The Balaban J connectivity index is 1.72. The lowest BCUT2D eigenvalue weighted by atomic mass is 10.1. The third-order valence-corrected chi connectivity index (χ3v) is 3.66. The van der Waals surface area contributed by atoms with E-state index in [2.05, 4.69) is 21.4 Å². The van der Waals surface area contributed by atoms with Gasteiger partial charge in [-0.15, -0.1) is 0 Å². The van der Waals surface area contributed by atoms with Crippen molar-refractivity contribution in [3.8, 4) is 17.5 Å². The molecule has 0 aliphatic carbocycles. The highest BCUT2D eigenvalue weighted by molar-refractivity contribution is 5.80. The summed E-state index contributed by atoms with van der Waals surface area (Å²) in [5, 5.41) is 3.83. The molecule has 0 fully saturated rings. The third kappa shape index (κ3) is 4.44. The van der Waals surface area contributed by atoms with Crippen LogP contribution in [0.3, 0.4) is 0 Å². The SMILES string of the molecule is COc1ccc(Oc2ccc3cc(CCNC(C)=O)ccc3n2)cn1. The zero-order valence-corrected chi connectivity index (χ0v) is 14.2. The monoisotopic (exact) mass is 337 g/mol. The summed E-state index contributed by atoms with van der Waals surface area (Å²) in [5.74, 6) is 1.62. The molecule has 3 aromatic rings. The molecule has 3 rings (SSSR count). The van der Waals surface area contributed by atoms with Crippen LogP contribution in [0.5, 0.6) is 17.5 Å². The van der Waals surface area contributed by atoms with E-state index in [0.717, 1.165) is 22.9 Å². The van der Waals surface area contributed by atoms with E-state index >= 15 is 0 Å². The minimum absolute atomic E-state index is 0.0164. The second-order valence-corrected chi connectivity index (χ2v) is 5.55. The first-order valence-electron chi connectivity index (χ1n) is 7.96. The molecule has 0 atom stereocenters. The van der Waals surface area contributed by atoms with E-state index < -0.39 is 0 Å². The minimum atomic E-state index is -0.0164. The van der Waals surface area contributed by atoms with E-state index in [1.165, 1.54) is 6.92 Å². The standard InChI is InChI=1S/C19H19N3O3/c1-13(23)20-10-9-14-3-6-17-15(11-14)4-7-19(22-17)25-16-5-8-18(24-2)21-12-16/h3-8,11-12H,9-10H2,1-2H3,(H,20,23). The molecule has 0 radical (unpaired) electrons. The molecule has 2 heterocycles. The highest BCUT2D eigenvalue weighted by Crippen LogP contribution is 2.23. The summed E-state index contributed by atoms with van der Waals surface area (Å²) in [7, 11) is 1.57. The molecule has 0 bridgehead atoms. The van der Waals surface area contributed by atoms with Crippen LogP contribution in [0.1, 0.15) is 12.5 Å². The maximum Gasteiger partial charge on any atom is 0.219 e. The lowest BCUT2D eigenvalue weighted by Crippen LogP contribution is -2.22. The normalized spacial score (nSPS) is 10.5. The first-order chi connectivity index (χ1) is 12.1. The van der Waals surface area contributed by atoms with Gasteiger partial charge < -0.3 is 14.8 Å². The van der Waals surface area contributed by atoms with Crippen molar-refractivity contribution >= 4 is 16.8 Å². The molecule has 0 saturated heterocycles. The Kier molecular flexibility index (Phi) is 5.09. The van der Waals surface area contributed by atoms with Crippen molar-refractivity contribution in [1.29, 1.82) is 0 Å². The molecule has 0 aliphatic heterocycles. The van der Waals surface area contributed by atoms with Crippen molar-refractivity contribution in [3.05, 3.63) is 54.2 Å². The highest BCUT2D eigenvalue weighted by Gasteiger charge is 2.04. The van der Waals surface area contributed by atoms with Crippen molar-refractivity contribution in [1.82, 2.24) is 15.3 Å². The summed E-state index contributed by atoms with van der Waals surface area (Å²) in [6.07, 6.45) is 2.38. The molecule has 0 spiro atoms. The largest absolute Gasteiger partial charge is 0.481 e. The lowest BCUT2D eigenvalue weighted by Gasteiger charge is -2.08. The van der Waals surface area contributed by atoms with Crippen molar-refractivity contribution < 1.29 is 14.3 Å². The fraction of sp³-hybridized carbons (Fsp3) is 0.211. The molecule has 0 saturated carbocycles. The Hall–Kier alpha value is -3.15. The van der Waals surface area contributed by atoms with Gasteiger partial charge in [0, 0.05) is 31.0 Å². The quantitative estimate of drug-likeness (QED) is 0.748. The van der Waals surface area contributed by atoms with E-state index in [1.54, 1.807) is 25.4 Å². The van der Waals surface area contributed by atoms with E-state index in [1.807, 2.05) is 24.3 Å². The molecular formula is C19H19N3O3. The molecular weight excluding hydrogens is 318 g/mol. The number of aromatic nitrogens is 2. The molecule has 0 unspecified atom stereocenters. The predicted molar refractivity (Wildman–Crippen MR) is 95.0 cm³/mol. The lowest BCUT2D eigenvalue weighted by molar-refractivity contribution is -0.118. The molecule has 1 N–H and O–H groups in total. The number of benzene rings is 1. The van der Waals surface area contributed by atoms with Crippen LogP contribution < -0.4 is 14.8 Å². The van der Waals surface area contributed by atoms with Gasteiger partial charge in [0.05, 0.1) is 18.8 Å². The third-order valence-electron chi connectivity index (χ3n) is 3.66. The van der Waals surface area contributed by atoms with E-state index in [4.69, 9.17) is 9.47 Å². The predicted octanol–water partition coefficient (Wildman–Crippen LogP) is 3.11. The smallest absolute Gasteiger partial charge is 0.219 e. The first-order valence-corrected chi connectivity index (χ1v) is 7.96. The van der Waals surface area contributed by atoms with Gasteiger partial charge in [0.15, 0.2) is 0 Å². The van der Waals surface area contributed by atoms with E-state index in [0.29, 0.717) is 24.1 Å². The number of fused-ring (bicyclic) bond motifs is 1. The number of carbonyl (C=O) groups excluding carboxylic acids is 1. The topological polar surface area (TPSA) is 73.3 Å². The van der Waals surface area contributed by atoms with Gasteiger partial charge in [0.25, 0.3) is 0 Å². The zero-order valence-electron chi connectivity index (χ0n) is 14.2. The molecule has 2 aromatic heterocycles. The average molecular weight is 337 g/mol. The summed E-state index contributed by atoms with van der Waals surface area (Å²) < 4.78 is 10.8. The molecule has 0 aliphatic rings. The Bertz CT molecular complexity index is 879. The van der Waals surface area contributed by atoms with Crippen LogP contribution in [-0.2, 0) is 11.2 Å². The van der Waals surface area contributed by atoms with Gasteiger partial charge in [0.1, 0.15) is 5.75 Å². The van der Waals surface area contributed by atoms with Crippen LogP contribution in [0.2, 0.25) is 0 Å². The molecule has 128 valence electrons. The summed E-state index contributed by atoms with van der Waals surface area (Å²) in [6, 6.07) is 13.3. The van der Waals surface area contributed by atoms with Gasteiger partial charge in [-0.2, -0.15) is 0 Å². The summed E-state index contributed by atoms with van der Waals surface area (Å²) >= 11 is 0. The van der Waals surface area contributed by atoms with Gasteiger partial charge in [-0.25, -0.2) is 9.97 Å². The number of rotatable bonds is 6. The molecule has 1 aromatic carbocycles. The number of amides is 1. The summed E-state index contributed by atoms with van der Waals surface area (Å²) in [5.41, 5.74) is 2.00. The number of methoxy groups -OCH3 is 1. The van der Waals surface area contributed by atoms with Crippen LogP contribution in [0.15, 0.2) is 48.7 Å². The fourth-order valence-corrected chi connectivity index (χ4v) is 2.42. The highest BCUT2D eigenvalue weighted by atomic mass is 16.5. The van der Waals surface area contributed by atoms with Crippen LogP contribution in [0.25, 0.3) is 10.9 Å². The number of carbonyl (C=O) groups is 1. The van der Waals surface area contributed by atoms with E-state index in [-0.39, 0.29) is 5.91 Å². The number of nitrogens with zero attached hydrogens (tertiary/aromatic N) is 2. The Morgan fingerprint density at radius 2 is 1.96 bits per heavy atom. The summed E-state index contributed by atoms with van der Waals surface area (Å²) in [6.45, 7) is 2.14. The van der Waals surface area contributed by atoms with Crippen LogP contribution in [0, 0.1) is 0 Å². The van der Waals surface area contributed by atoms with Gasteiger partial charge in [-0.3, -0.25) is 4.79 Å². The second-order valence-electron chi connectivity index (χ2n) is 5.55. The Morgan fingerprint density at radius 3 is 2.68 bits per heavy atom. The van der Waals surface area contributed by atoms with Crippen LogP contribution >= 0.6 is 0 Å². The summed E-state index contributed by atoms with van der Waals surface area (Å²) in [4.78, 5) is 19.5. The number of nitrogens with one attached hydrogen (secondary N) is 1. The van der Waals surface area contributed by atoms with Crippen LogP contribution in [0.4, 0.5) is 0 Å². The Morgan fingerprint density at radius 1 is 1.12 bits per heavy atom. The molecule has 6 heteroatoms. The Labute approximate surface area is 145 Å².